The molecular weight excluding hydrogens is 546 g/mol. The first-order valence-corrected chi connectivity index (χ1v) is 17.8. The molecule has 6 rings (SSSR count). The number of hydrogen-bond donors (Lipinski definition) is 0. The van der Waals surface area contributed by atoms with E-state index in [1.54, 1.807) is 25.7 Å². The lowest BCUT2D eigenvalue weighted by atomic mass is 10.1. The fraction of sp³-hybridized carbons (Fsp3) is 0.367. The monoisotopic (exact) mass is 579 g/mol. The Kier molecular flexibility index (Phi) is 7.53. The number of rotatable bonds is 11. The summed E-state index contributed by atoms with van der Waals surface area (Å²) >= 11 is 0. The lowest BCUT2D eigenvalue weighted by Gasteiger charge is -2.16. The van der Waals surface area contributed by atoms with Crippen LogP contribution in [0.2, 0.25) is 25.7 Å². The lowest BCUT2D eigenvalue weighted by molar-refractivity contribution is 0.0882. The van der Waals surface area contributed by atoms with Crippen LogP contribution < -0.4 is 4.74 Å². The van der Waals surface area contributed by atoms with E-state index >= 15 is 0 Å². The third kappa shape index (κ3) is 5.93. The second-order valence-corrected chi connectivity index (χ2v) is 17.4. The van der Waals surface area contributed by atoms with Gasteiger partial charge in [0.25, 0.3) is 0 Å². The first kappa shape index (κ1) is 27.7. The Morgan fingerprint density at radius 2 is 1.86 bits per heavy atom. The maximum Gasteiger partial charge on any atom is 0.227 e. The first-order valence-electron chi connectivity index (χ1n) is 14.0. The van der Waals surface area contributed by atoms with Gasteiger partial charge in [0, 0.05) is 38.6 Å². The summed E-state index contributed by atoms with van der Waals surface area (Å²) in [6.45, 7) is 8.56. The van der Waals surface area contributed by atoms with Gasteiger partial charge >= 0.3 is 0 Å². The highest BCUT2D eigenvalue weighted by molar-refractivity contribution is 6.76. The largest absolute Gasteiger partial charge is 0.480 e. The van der Waals surface area contributed by atoms with Crippen LogP contribution in [0, 0.1) is 11.3 Å². The number of aromatic nitrogens is 8. The van der Waals surface area contributed by atoms with Gasteiger partial charge in [-0.2, -0.15) is 10.4 Å². The van der Waals surface area contributed by atoms with E-state index in [9.17, 15) is 5.26 Å². The van der Waals surface area contributed by atoms with E-state index < -0.39 is 8.07 Å². The van der Waals surface area contributed by atoms with Crippen LogP contribution in [0.25, 0.3) is 33.8 Å². The van der Waals surface area contributed by atoms with E-state index in [2.05, 4.69) is 50.7 Å². The SMILES string of the molecule is COc1ncnc(C2CC2)c1-c1ncc2cnn(Cc3ccc(-c4nc(C#N)cn4COCC[Si](C)(C)C)cc3)c2n1. The summed E-state index contributed by atoms with van der Waals surface area (Å²) in [5.74, 6) is 2.10. The summed E-state index contributed by atoms with van der Waals surface area (Å²) in [7, 11) is 0.418. The Morgan fingerprint density at radius 3 is 2.57 bits per heavy atom. The molecule has 4 aromatic heterocycles. The van der Waals surface area contributed by atoms with Crippen LogP contribution in [0.4, 0.5) is 0 Å². The quantitative estimate of drug-likeness (QED) is 0.152. The smallest absolute Gasteiger partial charge is 0.227 e. The Morgan fingerprint density at radius 1 is 1.05 bits per heavy atom. The number of ether oxygens (including phenoxy) is 2. The average Bonchev–Trinajstić information content (AvgIpc) is 3.64. The van der Waals surface area contributed by atoms with Gasteiger partial charge in [-0.3, -0.25) is 0 Å². The minimum Gasteiger partial charge on any atom is -0.480 e. The second-order valence-electron chi connectivity index (χ2n) is 11.8. The first-order chi connectivity index (χ1) is 20.3. The number of methoxy groups -OCH3 is 1. The molecule has 1 aliphatic rings. The molecule has 0 N–H and O–H groups in total. The fourth-order valence-corrected chi connectivity index (χ4v) is 5.54. The van der Waals surface area contributed by atoms with Crippen LogP contribution >= 0.6 is 0 Å². The average molecular weight is 580 g/mol. The molecule has 0 saturated heterocycles. The van der Waals surface area contributed by atoms with Crippen LogP contribution in [0.1, 0.15) is 35.7 Å². The van der Waals surface area contributed by atoms with Crippen molar-refractivity contribution >= 4 is 19.1 Å². The van der Waals surface area contributed by atoms with Gasteiger partial charge in [0.1, 0.15) is 30.5 Å². The minimum absolute atomic E-state index is 0.358. The zero-order valence-electron chi connectivity index (χ0n) is 24.3. The van der Waals surface area contributed by atoms with Gasteiger partial charge in [-0.15, -0.1) is 0 Å². The van der Waals surface area contributed by atoms with Crippen LogP contribution in [-0.2, 0) is 18.0 Å². The standard InChI is InChI=1S/C30H33N9O2Si/c1-40-30-25(26(21-9-10-21)33-18-34-30)27-32-14-23-15-35-39(29(23)37-27)16-20-5-7-22(8-6-20)28-36-24(13-31)17-38(28)19-41-11-12-42(2,3)4/h5-8,14-15,17-18,21H,9-12,16,19H2,1-4H3. The molecule has 0 radical (unpaired) electrons. The van der Waals surface area contributed by atoms with Gasteiger partial charge in [0.2, 0.25) is 5.88 Å². The molecule has 0 aliphatic heterocycles. The molecule has 4 heterocycles. The van der Waals surface area contributed by atoms with Crippen molar-refractivity contribution in [1.82, 2.24) is 39.3 Å². The van der Waals surface area contributed by atoms with E-state index in [0.29, 0.717) is 49.0 Å². The molecule has 1 saturated carbocycles. The molecule has 1 fully saturated rings. The highest BCUT2D eigenvalue weighted by atomic mass is 28.3. The Labute approximate surface area is 245 Å². The van der Waals surface area contributed by atoms with Gasteiger partial charge in [0.15, 0.2) is 17.2 Å². The van der Waals surface area contributed by atoms with E-state index in [-0.39, 0.29) is 0 Å². The maximum atomic E-state index is 9.45. The van der Waals surface area contributed by atoms with E-state index in [1.165, 1.54) is 6.33 Å². The zero-order chi connectivity index (χ0) is 29.3. The number of benzene rings is 1. The molecule has 0 unspecified atom stereocenters. The number of nitrogens with zero attached hydrogens (tertiary/aromatic N) is 9. The van der Waals surface area contributed by atoms with Gasteiger partial charge in [0.05, 0.1) is 30.9 Å². The van der Waals surface area contributed by atoms with E-state index in [4.69, 9.17) is 14.5 Å². The Balaban J connectivity index is 1.23. The van der Waals surface area contributed by atoms with Gasteiger partial charge in [-0.1, -0.05) is 43.9 Å². The molecule has 5 aromatic rings. The van der Waals surface area contributed by atoms with E-state index in [1.807, 2.05) is 33.5 Å². The van der Waals surface area contributed by atoms with Gasteiger partial charge in [-0.05, 0) is 24.4 Å². The summed E-state index contributed by atoms with van der Waals surface area (Å²) in [5, 5.41) is 14.9. The van der Waals surface area contributed by atoms with Crippen molar-refractivity contribution in [2.45, 2.75) is 57.7 Å². The molecule has 214 valence electrons. The van der Waals surface area contributed by atoms with Crippen molar-refractivity contribution in [3.8, 4) is 34.7 Å². The highest BCUT2D eigenvalue weighted by Crippen LogP contribution is 2.44. The summed E-state index contributed by atoms with van der Waals surface area (Å²) in [6.07, 6.45) is 9.02. The van der Waals surface area contributed by atoms with E-state index in [0.717, 1.165) is 52.3 Å². The molecule has 42 heavy (non-hydrogen) atoms. The summed E-state index contributed by atoms with van der Waals surface area (Å²) < 4.78 is 15.3. The van der Waals surface area contributed by atoms with Gasteiger partial charge < -0.3 is 14.0 Å². The van der Waals surface area contributed by atoms with Crippen molar-refractivity contribution in [1.29, 1.82) is 5.26 Å². The third-order valence-corrected chi connectivity index (χ3v) is 8.97. The van der Waals surface area contributed by atoms with Gasteiger partial charge in [-0.25, -0.2) is 29.6 Å². The highest BCUT2D eigenvalue weighted by Gasteiger charge is 2.31. The van der Waals surface area contributed by atoms with Crippen molar-refractivity contribution in [3.63, 3.8) is 0 Å². The van der Waals surface area contributed by atoms with Crippen LogP contribution in [-0.4, -0.2) is 61.1 Å². The predicted octanol–water partition coefficient (Wildman–Crippen LogP) is 5.27. The molecular formula is C30H33N9O2Si. The fourth-order valence-electron chi connectivity index (χ4n) is 4.79. The molecule has 11 nitrogen and oxygen atoms in total. The molecule has 1 aromatic carbocycles. The molecule has 0 atom stereocenters. The Hall–Kier alpha value is -4.47. The topological polar surface area (TPSA) is 129 Å². The molecule has 1 aliphatic carbocycles. The van der Waals surface area contributed by atoms with Crippen molar-refractivity contribution < 1.29 is 9.47 Å². The summed E-state index contributed by atoms with van der Waals surface area (Å²) in [4.78, 5) is 22.9. The molecule has 0 bridgehead atoms. The van der Waals surface area contributed by atoms with Crippen LogP contribution in [0.5, 0.6) is 5.88 Å². The molecule has 0 amide bonds. The summed E-state index contributed by atoms with van der Waals surface area (Å²) in [5.41, 5.74) is 4.73. The number of hydrogen-bond acceptors (Lipinski definition) is 9. The van der Waals surface area contributed by atoms with Crippen LogP contribution in [0.15, 0.2) is 49.2 Å². The summed E-state index contributed by atoms with van der Waals surface area (Å²) in [6, 6.07) is 11.3. The maximum absolute atomic E-state index is 9.45. The number of fused-ring (bicyclic) bond motifs is 1. The zero-order valence-corrected chi connectivity index (χ0v) is 25.3. The normalized spacial score (nSPS) is 13.4. The third-order valence-electron chi connectivity index (χ3n) is 7.26. The van der Waals surface area contributed by atoms with Crippen molar-refractivity contribution in [2.24, 2.45) is 0 Å². The van der Waals surface area contributed by atoms with Crippen molar-refractivity contribution in [2.75, 3.05) is 13.7 Å². The molecule has 12 heteroatoms. The lowest BCUT2D eigenvalue weighted by Crippen LogP contribution is -2.22. The Bertz CT molecular complexity index is 1760. The predicted molar refractivity (Wildman–Crippen MR) is 160 cm³/mol. The molecule has 0 spiro atoms. The minimum atomic E-state index is -1.18. The van der Waals surface area contributed by atoms with Crippen LogP contribution in [0.3, 0.4) is 0 Å². The number of nitriles is 1. The number of imidazole rings is 1. The second kappa shape index (κ2) is 11.4. The van der Waals surface area contributed by atoms with Crippen molar-refractivity contribution in [3.05, 3.63) is 66.1 Å².